The van der Waals surface area contributed by atoms with Crippen molar-refractivity contribution in [1.29, 1.82) is 0 Å². The average molecular weight is 247 g/mol. The third kappa shape index (κ3) is 3.91. The number of amides is 1. The first kappa shape index (κ1) is 14.3. The van der Waals surface area contributed by atoms with Gasteiger partial charge in [0.1, 0.15) is 5.75 Å². The van der Waals surface area contributed by atoms with Crippen LogP contribution in [0.25, 0.3) is 6.08 Å². The normalized spacial score (nSPS) is 11.4. The zero-order valence-electron chi connectivity index (χ0n) is 11.4. The Morgan fingerprint density at radius 3 is 2.06 bits per heavy atom. The SMILES string of the molecule is CC(C)N(C(=O)/C=C/c1ccc(O)cc1)C(C)C. The highest BCUT2D eigenvalue weighted by Gasteiger charge is 2.17. The molecule has 0 aromatic heterocycles. The van der Waals surface area contributed by atoms with Crippen molar-refractivity contribution in [2.45, 2.75) is 39.8 Å². The molecule has 0 aliphatic carbocycles. The maximum absolute atomic E-state index is 12.1. The maximum atomic E-state index is 12.1. The molecule has 0 bridgehead atoms. The Kier molecular flexibility index (Phi) is 4.95. The Morgan fingerprint density at radius 1 is 1.11 bits per heavy atom. The molecule has 0 saturated heterocycles. The predicted molar refractivity (Wildman–Crippen MR) is 74.3 cm³/mol. The first-order valence-corrected chi connectivity index (χ1v) is 6.21. The lowest BCUT2D eigenvalue weighted by Crippen LogP contribution is -2.41. The first-order chi connectivity index (χ1) is 8.41. The highest BCUT2D eigenvalue weighted by atomic mass is 16.3. The Hall–Kier alpha value is -1.77. The number of rotatable bonds is 4. The van der Waals surface area contributed by atoms with Gasteiger partial charge in [-0.25, -0.2) is 0 Å². The maximum Gasteiger partial charge on any atom is 0.247 e. The molecular weight excluding hydrogens is 226 g/mol. The van der Waals surface area contributed by atoms with E-state index in [-0.39, 0.29) is 23.7 Å². The zero-order valence-corrected chi connectivity index (χ0v) is 11.4. The van der Waals surface area contributed by atoms with Gasteiger partial charge in [0.25, 0.3) is 0 Å². The van der Waals surface area contributed by atoms with Gasteiger partial charge in [-0.2, -0.15) is 0 Å². The first-order valence-electron chi connectivity index (χ1n) is 6.21. The minimum Gasteiger partial charge on any atom is -0.508 e. The number of carbonyl (C=O) groups is 1. The van der Waals surface area contributed by atoms with E-state index in [4.69, 9.17) is 5.11 Å². The molecule has 3 nitrogen and oxygen atoms in total. The molecule has 1 rings (SSSR count). The Morgan fingerprint density at radius 2 is 1.61 bits per heavy atom. The summed E-state index contributed by atoms with van der Waals surface area (Å²) in [6.07, 6.45) is 3.34. The van der Waals surface area contributed by atoms with Crippen LogP contribution in [0.1, 0.15) is 33.3 Å². The van der Waals surface area contributed by atoms with E-state index in [1.807, 2.05) is 32.6 Å². The number of nitrogens with zero attached hydrogens (tertiary/aromatic N) is 1. The van der Waals surface area contributed by atoms with Crippen LogP contribution in [0, 0.1) is 0 Å². The van der Waals surface area contributed by atoms with Gasteiger partial charge in [-0.1, -0.05) is 12.1 Å². The number of hydrogen-bond donors (Lipinski definition) is 1. The lowest BCUT2D eigenvalue weighted by molar-refractivity contribution is -0.129. The molecule has 0 fully saturated rings. The van der Waals surface area contributed by atoms with Crippen LogP contribution in [-0.2, 0) is 4.79 Å². The van der Waals surface area contributed by atoms with Gasteiger partial charge >= 0.3 is 0 Å². The monoisotopic (exact) mass is 247 g/mol. The fourth-order valence-corrected chi connectivity index (χ4v) is 1.94. The van der Waals surface area contributed by atoms with E-state index in [1.165, 1.54) is 0 Å². The van der Waals surface area contributed by atoms with E-state index in [9.17, 15) is 4.79 Å². The summed E-state index contributed by atoms with van der Waals surface area (Å²) in [6.45, 7) is 8.02. The highest BCUT2D eigenvalue weighted by molar-refractivity contribution is 5.92. The summed E-state index contributed by atoms with van der Waals surface area (Å²) >= 11 is 0. The van der Waals surface area contributed by atoms with E-state index in [1.54, 1.807) is 36.4 Å². The van der Waals surface area contributed by atoms with Crippen molar-refractivity contribution < 1.29 is 9.90 Å². The van der Waals surface area contributed by atoms with Crippen molar-refractivity contribution >= 4 is 12.0 Å². The molecule has 0 spiro atoms. The van der Waals surface area contributed by atoms with Crippen LogP contribution in [0.5, 0.6) is 5.75 Å². The summed E-state index contributed by atoms with van der Waals surface area (Å²) in [5, 5.41) is 9.17. The molecular formula is C15H21NO2. The number of phenolic OH excluding ortho intramolecular Hbond substituents is 1. The van der Waals surface area contributed by atoms with Crippen LogP contribution in [0.2, 0.25) is 0 Å². The molecule has 0 unspecified atom stereocenters. The molecule has 0 aliphatic rings. The van der Waals surface area contributed by atoms with Gasteiger partial charge in [0.2, 0.25) is 5.91 Å². The van der Waals surface area contributed by atoms with E-state index in [2.05, 4.69) is 0 Å². The van der Waals surface area contributed by atoms with Crippen LogP contribution in [-0.4, -0.2) is 28.0 Å². The molecule has 1 amide bonds. The van der Waals surface area contributed by atoms with Crippen molar-refractivity contribution in [2.75, 3.05) is 0 Å². The van der Waals surface area contributed by atoms with E-state index >= 15 is 0 Å². The number of carbonyl (C=O) groups excluding carboxylic acids is 1. The lowest BCUT2D eigenvalue weighted by Gasteiger charge is -2.29. The second kappa shape index (κ2) is 6.24. The van der Waals surface area contributed by atoms with Crippen molar-refractivity contribution in [1.82, 2.24) is 4.90 Å². The van der Waals surface area contributed by atoms with Gasteiger partial charge in [-0.15, -0.1) is 0 Å². The Balaban J connectivity index is 2.77. The minimum absolute atomic E-state index is 0.00748. The molecule has 3 heteroatoms. The summed E-state index contributed by atoms with van der Waals surface area (Å²) in [5.41, 5.74) is 0.897. The molecule has 0 aliphatic heterocycles. The van der Waals surface area contributed by atoms with Crippen LogP contribution in [0.4, 0.5) is 0 Å². The number of hydrogen-bond acceptors (Lipinski definition) is 2. The van der Waals surface area contributed by atoms with Gasteiger partial charge in [-0.3, -0.25) is 4.79 Å². The summed E-state index contributed by atoms with van der Waals surface area (Å²) in [5.74, 6) is 0.234. The second-order valence-electron chi connectivity index (χ2n) is 4.86. The van der Waals surface area contributed by atoms with Crippen molar-refractivity contribution in [2.24, 2.45) is 0 Å². The number of aromatic hydroxyl groups is 1. The molecule has 98 valence electrons. The summed E-state index contributed by atoms with van der Waals surface area (Å²) in [7, 11) is 0. The summed E-state index contributed by atoms with van der Waals surface area (Å²) < 4.78 is 0. The van der Waals surface area contributed by atoms with Crippen molar-refractivity contribution in [3.63, 3.8) is 0 Å². The van der Waals surface area contributed by atoms with Gasteiger partial charge in [-0.05, 0) is 51.5 Å². The molecule has 0 heterocycles. The fraction of sp³-hybridized carbons (Fsp3) is 0.400. The van der Waals surface area contributed by atoms with Crippen molar-refractivity contribution in [3.05, 3.63) is 35.9 Å². The van der Waals surface area contributed by atoms with Crippen LogP contribution in [0.15, 0.2) is 30.3 Å². The summed E-state index contributed by atoms with van der Waals surface area (Å²) in [6, 6.07) is 7.12. The quantitative estimate of drug-likeness (QED) is 0.831. The van der Waals surface area contributed by atoms with Crippen LogP contribution >= 0.6 is 0 Å². The van der Waals surface area contributed by atoms with Crippen LogP contribution in [0.3, 0.4) is 0 Å². The third-order valence-electron chi connectivity index (χ3n) is 2.68. The van der Waals surface area contributed by atoms with Gasteiger partial charge in [0, 0.05) is 18.2 Å². The molecule has 1 aromatic rings. The Bertz CT molecular complexity index is 411. The predicted octanol–water partition coefficient (Wildman–Crippen LogP) is 3.05. The van der Waals surface area contributed by atoms with Gasteiger partial charge in [0.15, 0.2) is 0 Å². The van der Waals surface area contributed by atoms with Crippen LogP contribution < -0.4 is 0 Å². The molecule has 18 heavy (non-hydrogen) atoms. The standard InChI is InChI=1S/C15H21NO2/c1-11(2)16(12(3)4)15(18)10-7-13-5-8-14(17)9-6-13/h5-12,17H,1-4H3/b10-7+. The lowest BCUT2D eigenvalue weighted by atomic mass is 10.2. The molecule has 0 atom stereocenters. The minimum atomic E-state index is 0.00748. The average Bonchev–Trinajstić information content (AvgIpc) is 2.27. The fourth-order valence-electron chi connectivity index (χ4n) is 1.94. The molecule has 1 N–H and O–H groups in total. The smallest absolute Gasteiger partial charge is 0.247 e. The largest absolute Gasteiger partial charge is 0.508 e. The molecule has 1 aromatic carbocycles. The van der Waals surface area contributed by atoms with Crippen molar-refractivity contribution in [3.8, 4) is 5.75 Å². The molecule has 0 saturated carbocycles. The Labute approximate surface area is 109 Å². The van der Waals surface area contributed by atoms with E-state index < -0.39 is 0 Å². The number of benzene rings is 1. The molecule has 0 radical (unpaired) electrons. The zero-order chi connectivity index (χ0) is 13.7. The van der Waals surface area contributed by atoms with Gasteiger partial charge in [0.05, 0.1) is 0 Å². The second-order valence-corrected chi connectivity index (χ2v) is 4.86. The van der Waals surface area contributed by atoms with Gasteiger partial charge < -0.3 is 10.0 Å². The van der Waals surface area contributed by atoms with E-state index in [0.29, 0.717) is 0 Å². The topological polar surface area (TPSA) is 40.5 Å². The summed E-state index contributed by atoms with van der Waals surface area (Å²) in [4.78, 5) is 13.9. The third-order valence-corrected chi connectivity index (χ3v) is 2.68. The van der Waals surface area contributed by atoms with E-state index in [0.717, 1.165) is 5.56 Å². The number of phenols is 1. The highest BCUT2D eigenvalue weighted by Crippen LogP contribution is 2.12.